The summed E-state index contributed by atoms with van der Waals surface area (Å²) in [4.78, 5) is 0. The quantitative estimate of drug-likeness (QED) is 0.519. The molecule has 0 unspecified atom stereocenters. The topological polar surface area (TPSA) is 26.0 Å². The van der Waals surface area contributed by atoms with Crippen LogP contribution in [0.4, 0.5) is 0 Å². The van der Waals surface area contributed by atoms with E-state index in [0.717, 1.165) is 12.0 Å². The van der Waals surface area contributed by atoms with Crippen LogP contribution in [-0.4, -0.2) is 6.04 Å². The molecule has 0 aliphatic carbocycles. The maximum absolute atomic E-state index is 5.52. The lowest BCUT2D eigenvalue weighted by molar-refractivity contribution is 0.742. The van der Waals surface area contributed by atoms with E-state index in [0.29, 0.717) is 0 Å². The SMILES string of the molecule is C=C(C)[C@H](N)CC. The minimum absolute atomic E-state index is 0.208. The van der Waals surface area contributed by atoms with Gasteiger partial charge >= 0.3 is 0 Å². The maximum Gasteiger partial charge on any atom is 0.0245 e. The number of rotatable bonds is 2. The Morgan fingerprint density at radius 1 is 1.86 bits per heavy atom. The highest BCUT2D eigenvalue weighted by molar-refractivity contribution is 4.98. The largest absolute Gasteiger partial charge is 0.324 e. The zero-order valence-electron chi connectivity index (χ0n) is 5.07. The fourth-order valence-electron chi connectivity index (χ4n) is 0.348. The van der Waals surface area contributed by atoms with Gasteiger partial charge in [-0.05, 0) is 13.3 Å². The van der Waals surface area contributed by atoms with E-state index in [1.807, 2.05) is 6.92 Å². The number of hydrogen-bond donors (Lipinski definition) is 1. The van der Waals surface area contributed by atoms with Crippen LogP contribution in [0.3, 0.4) is 0 Å². The minimum atomic E-state index is 0.208. The molecule has 0 amide bonds. The Bertz CT molecular complexity index is 66.6. The minimum Gasteiger partial charge on any atom is -0.324 e. The molecule has 0 radical (unpaired) electrons. The molecule has 0 aromatic heterocycles. The van der Waals surface area contributed by atoms with Gasteiger partial charge in [0.1, 0.15) is 0 Å². The van der Waals surface area contributed by atoms with Gasteiger partial charge in [-0.15, -0.1) is 0 Å². The third kappa shape index (κ3) is 2.40. The highest BCUT2D eigenvalue weighted by Crippen LogP contribution is 1.96. The summed E-state index contributed by atoms with van der Waals surface area (Å²) in [6.45, 7) is 7.71. The zero-order valence-corrected chi connectivity index (χ0v) is 5.07. The van der Waals surface area contributed by atoms with Crippen molar-refractivity contribution in [1.29, 1.82) is 0 Å². The van der Waals surface area contributed by atoms with E-state index >= 15 is 0 Å². The van der Waals surface area contributed by atoms with Gasteiger partial charge in [0.25, 0.3) is 0 Å². The van der Waals surface area contributed by atoms with Gasteiger partial charge in [-0.2, -0.15) is 0 Å². The van der Waals surface area contributed by atoms with Crippen LogP contribution in [-0.2, 0) is 0 Å². The standard InChI is InChI=1S/C6H13N/c1-4-6(7)5(2)3/h6H,2,4,7H2,1,3H3/t6-/m1/s1. The summed E-state index contributed by atoms with van der Waals surface area (Å²) in [6.07, 6.45) is 0.995. The summed E-state index contributed by atoms with van der Waals surface area (Å²) in [5, 5.41) is 0. The summed E-state index contributed by atoms with van der Waals surface area (Å²) in [7, 11) is 0. The van der Waals surface area contributed by atoms with E-state index in [1.54, 1.807) is 0 Å². The van der Waals surface area contributed by atoms with Crippen molar-refractivity contribution in [2.75, 3.05) is 0 Å². The smallest absolute Gasteiger partial charge is 0.0245 e. The van der Waals surface area contributed by atoms with E-state index in [2.05, 4.69) is 13.5 Å². The Kier molecular flexibility index (Phi) is 2.68. The van der Waals surface area contributed by atoms with Gasteiger partial charge in [0.15, 0.2) is 0 Å². The highest BCUT2D eigenvalue weighted by atomic mass is 14.6. The molecule has 0 aromatic carbocycles. The molecule has 7 heavy (non-hydrogen) atoms. The lowest BCUT2D eigenvalue weighted by Crippen LogP contribution is -2.18. The molecule has 0 aliphatic rings. The third-order valence-electron chi connectivity index (χ3n) is 1.07. The Morgan fingerprint density at radius 3 is 2.29 bits per heavy atom. The average molecular weight is 99.2 g/mol. The van der Waals surface area contributed by atoms with Crippen LogP contribution >= 0.6 is 0 Å². The summed E-state index contributed by atoms with van der Waals surface area (Å²) >= 11 is 0. The summed E-state index contributed by atoms with van der Waals surface area (Å²) in [5.74, 6) is 0. The van der Waals surface area contributed by atoms with Crippen LogP contribution < -0.4 is 5.73 Å². The molecule has 2 N–H and O–H groups in total. The molecule has 1 nitrogen and oxygen atoms in total. The summed E-state index contributed by atoms with van der Waals surface area (Å²) in [6, 6.07) is 0.208. The van der Waals surface area contributed by atoms with Gasteiger partial charge in [0.05, 0.1) is 0 Å². The molecule has 0 aliphatic heterocycles. The van der Waals surface area contributed by atoms with Crippen LogP contribution in [0.1, 0.15) is 20.3 Å². The van der Waals surface area contributed by atoms with Crippen molar-refractivity contribution in [1.82, 2.24) is 0 Å². The summed E-state index contributed by atoms with van der Waals surface area (Å²) < 4.78 is 0. The van der Waals surface area contributed by atoms with Crippen molar-refractivity contribution in [3.63, 3.8) is 0 Å². The lowest BCUT2D eigenvalue weighted by atomic mass is 10.1. The first kappa shape index (κ1) is 6.70. The van der Waals surface area contributed by atoms with E-state index < -0.39 is 0 Å². The van der Waals surface area contributed by atoms with E-state index in [-0.39, 0.29) is 6.04 Å². The van der Waals surface area contributed by atoms with Gasteiger partial charge in [-0.1, -0.05) is 19.1 Å². The summed E-state index contributed by atoms with van der Waals surface area (Å²) in [5.41, 5.74) is 6.59. The molecule has 0 saturated carbocycles. The molecule has 0 saturated heterocycles. The first-order chi connectivity index (χ1) is 3.18. The number of nitrogens with two attached hydrogens (primary N) is 1. The van der Waals surface area contributed by atoms with Crippen molar-refractivity contribution < 1.29 is 0 Å². The molecular weight excluding hydrogens is 86.1 g/mol. The second kappa shape index (κ2) is 2.80. The number of hydrogen-bond acceptors (Lipinski definition) is 1. The maximum atomic E-state index is 5.52. The molecule has 0 aromatic rings. The van der Waals surface area contributed by atoms with E-state index in [1.165, 1.54) is 0 Å². The van der Waals surface area contributed by atoms with Crippen molar-refractivity contribution in [2.45, 2.75) is 26.3 Å². The van der Waals surface area contributed by atoms with Gasteiger partial charge in [0, 0.05) is 6.04 Å². The van der Waals surface area contributed by atoms with E-state index in [9.17, 15) is 0 Å². The second-order valence-corrected chi connectivity index (χ2v) is 1.86. The average Bonchev–Trinajstić information content (AvgIpc) is 1.65. The Labute approximate surface area is 45.2 Å². The van der Waals surface area contributed by atoms with Gasteiger partial charge < -0.3 is 5.73 Å². The molecular formula is C6H13N. The molecule has 0 fully saturated rings. The fraction of sp³-hybridized carbons (Fsp3) is 0.667. The van der Waals surface area contributed by atoms with Crippen LogP contribution in [0, 0.1) is 0 Å². The lowest BCUT2D eigenvalue weighted by Gasteiger charge is -2.04. The normalized spacial score (nSPS) is 13.6. The molecule has 0 bridgehead atoms. The van der Waals surface area contributed by atoms with Gasteiger partial charge in [-0.3, -0.25) is 0 Å². The monoisotopic (exact) mass is 99.1 g/mol. The van der Waals surface area contributed by atoms with Crippen LogP contribution in [0.2, 0.25) is 0 Å². The molecule has 0 spiro atoms. The predicted molar refractivity (Wildman–Crippen MR) is 33.1 cm³/mol. The van der Waals surface area contributed by atoms with Gasteiger partial charge in [0.2, 0.25) is 0 Å². The molecule has 42 valence electrons. The first-order valence-electron chi connectivity index (χ1n) is 2.59. The van der Waals surface area contributed by atoms with E-state index in [4.69, 9.17) is 5.73 Å². The molecule has 0 heterocycles. The van der Waals surface area contributed by atoms with Crippen molar-refractivity contribution in [3.05, 3.63) is 12.2 Å². The Hall–Kier alpha value is -0.300. The van der Waals surface area contributed by atoms with Gasteiger partial charge in [-0.25, -0.2) is 0 Å². The van der Waals surface area contributed by atoms with Crippen molar-refractivity contribution >= 4 is 0 Å². The molecule has 1 atom stereocenters. The Morgan fingerprint density at radius 2 is 2.29 bits per heavy atom. The zero-order chi connectivity index (χ0) is 5.86. The highest BCUT2D eigenvalue weighted by Gasteiger charge is 1.94. The first-order valence-corrected chi connectivity index (χ1v) is 2.59. The molecule has 0 rings (SSSR count). The van der Waals surface area contributed by atoms with Crippen LogP contribution in [0.15, 0.2) is 12.2 Å². The van der Waals surface area contributed by atoms with Crippen molar-refractivity contribution in [3.8, 4) is 0 Å². The predicted octanol–water partition coefficient (Wildman–Crippen LogP) is 1.30. The van der Waals surface area contributed by atoms with Crippen molar-refractivity contribution in [2.24, 2.45) is 5.73 Å². The van der Waals surface area contributed by atoms with Crippen LogP contribution in [0.5, 0.6) is 0 Å². The fourth-order valence-corrected chi connectivity index (χ4v) is 0.348. The second-order valence-electron chi connectivity index (χ2n) is 1.86. The molecule has 1 heteroatoms. The van der Waals surface area contributed by atoms with Crippen LogP contribution in [0.25, 0.3) is 0 Å². The third-order valence-corrected chi connectivity index (χ3v) is 1.07. The Balaban J connectivity index is 3.34.